The van der Waals surface area contributed by atoms with Gasteiger partial charge in [0, 0.05) is 19.3 Å². The minimum Gasteiger partial charge on any atom is -0.355 e. The van der Waals surface area contributed by atoms with E-state index in [0.29, 0.717) is 11.6 Å². The Morgan fingerprint density at radius 1 is 1.18 bits per heavy atom. The van der Waals surface area contributed by atoms with Crippen LogP contribution in [-0.2, 0) is 0 Å². The van der Waals surface area contributed by atoms with Crippen molar-refractivity contribution < 1.29 is 0 Å². The lowest BCUT2D eigenvalue weighted by molar-refractivity contribution is 0.703. The van der Waals surface area contributed by atoms with Gasteiger partial charge in [0.25, 0.3) is 0 Å². The molecular formula is C18H14N4. The maximum atomic E-state index is 8.97. The van der Waals surface area contributed by atoms with Crippen LogP contribution in [0.25, 0.3) is 0 Å². The summed E-state index contributed by atoms with van der Waals surface area (Å²) in [6.07, 6.45) is 2.92. The Labute approximate surface area is 129 Å². The van der Waals surface area contributed by atoms with E-state index in [4.69, 9.17) is 5.26 Å². The van der Waals surface area contributed by atoms with E-state index in [1.807, 2.05) is 30.3 Å². The zero-order valence-corrected chi connectivity index (χ0v) is 12.0. The molecule has 1 saturated carbocycles. The van der Waals surface area contributed by atoms with Gasteiger partial charge in [-0.15, -0.1) is 0 Å². The minimum atomic E-state index is 0.0852. The molecule has 1 aliphatic carbocycles. The van der Waals surface area contributed by atoms with E-state index in [2.05, 4.69) is 32.8 Å². The van der Waals surface area contributed by atoms with Crippen LogP contribution in [0.5, 0.6) is 0 Å². The summed E-state index contributed by atoms with van der Waals surface area (Å²) < 4.78 is 0. The lowest BCUT2D eigenvalue weighted by Crippen LogP contribution is -2.25. The third kappa shape index (κ3) is 2.19. The largest absolute Gasteiger partial charge is 0.355 e. The molecule has 2 aromatic rings. The number of piperidine rings is 1. The van der Waals surface area contributed by atoms with Gasteiger partial charge in [0.15, 0.2) is 0 Å². The zero-order chi connectivity index (χ0) is 15.0. The SMILES string of the molecule is N#Cc1cccc(N2CC3CC3(C#Cc3ccccn3)C2)n1. The second-order valence-corrected chi connectivity index (χ2v) is 5.90. The molecule has 106 valence electrons. The van der Waals surface area contributed by atoms with Crippen molar-refractivity contribution >= 4 is 5.82 Å². The third-order valence-electron chi connectivity index (χ3n) is 4.42. The summed E-state index contributed by atoms with van der Waals surface area (Å²) in [6.45, 7) is 1.86. The average molecular weight is 286 g/mol. The van der Waals surface area contributed by atoms with E-state index in [9.17, 15) is 0 Å². The molecule has 2 aromatic heterocycles. The second-order valence-electron chi connectivity index (χ2n) is 5.90. The van der Waals surface area contributed by atoms with E-state index in [0.717, 1.165) is 31.0 Å². The van der Waals surface area contributed by atoms with Gasteiger partial charge in [0.05, 0.1) is 5.41 Å². The molecule has 1 aliphatic heterocycles. The van der Waals surface area contributed by atoms with Gasteiger partial charge >= 0.3 is 0 Å². The van der Waals surface area contributed by atoms with Gasteiger partial charge in [-0.05, 0) is 42.5 Å². The molecule has 4 rings (SSSR count). The molecule has 2 unspecified atom stereocenters. The molecule has 4 nitrogen and oxygen atoms in total. The Bertz CT molecular complexity index is 812. The highest BCUT2D eigenvalue weighted by Gasteiger charge is 2.59. The fourth-order valence-corrected chi connectivity index (χ4v) is 3.14. The Kier molecular flexibility index (Phi) is 2.84. The van der Waals surface area contributed by atoms with Gasteiger partial charge in [-0.2, -0.15) is 5.26 Å². The fourth-order valence-electron chi connectivity index (χ4n) is 3.14. The number of hydrogen-bond acceptors (Lipinski definition) is 4. The van der Waals surface area contributed by atoms with Crippen molar-refractivity contribution in [3.05, 3.63) is 54.0 Å². The summed E-state index contributed by atoms with van der Waals surface area (Å²) in [7, 11) is 0. The standard InChI is InChI=1S/C18H14N4/c19-11-16-5-3-6-17(21-16)22-12-14-10-18(14,13-22)8-7-15-4-1-2-9-20-15/h1-6,9,14H,10,12-13H2. The molecule has 2 aliphatic rings. The quantitative estimate of drug-likeness (QED) is 0.754. The predicted octanol–water partition coefficient (Wildman–Crippen LogP) is 2.23. The number of rotatable bonds is 1. The predicted molar refractivity (Wildman–Crippen MR) is 82.8 cm³/mol. The number of nitrogens with zero attached hydrogens (tertiary/aromatic N) is 4. The van der Waals surface area contributed by atoms with E-state index in [1.54, 1.807) is 12.3 Å². The molecule has 0 N–H and O–H groups in total. The average Bonchev–Trinajstić information content (AvgIpc) is 3.14. The van der Waals surface area contributed by atoms with E-state index >= 15 is 0 Å². The first-order valence-corrected chi connectivity index (χ1v) is 7.35. The summed E-state index contributed by atoms with van der Waals surface area (Å²) in [5.41, 5.74) is 1.37. The Morgan fingerprint density at radius 3 is 2.91 bits per heavy atom. The minimum absolute atomic E-state index is 0.0852. The number of anilines is 1. The fraction of sp³-hybridized carbons (Fsp3) is 0.278. The van der Waals surface area contributed by atoms with Gasteiger partial charge < -0.3 is 4.90 Å². The molecule has 0 amide bonds. The highest BCUT2D eigenvalue weighted by molar-refractivity contribution is 5.48. The third-order valence-corrected chi connectivity index (χ3v) is 4.42. The van der Waals surface area contributed by atoms with Crippen LogP contribution in [0, 0.1) is 34.5 Å². The zero-order valence-electron chi connectivity index (χ0n) is 12.0. The summed E-state index contributed by atoms with van der Waals surface area (Å²) in [6, 6.07) is 13.5. The van der Waals surface area contributed by atoms with Crippen LogP contribution >= 0.6 is 0 Å². The molecule has 0 aromatic carbocycles. The molecule has 0 spiro atoms. The molecule has 4 heteroatoms. The van der Waals surface area contributed by atoms with Crippen molar-refractivity contribution in [2.75, 3.05) is 18.0 Å². The molecule has 22 heavy (non-hydrogen) atoms. The van der Waals surface area contributed by atoms with Crippen molar-refractivity contribution in [1.29, 1.82) is 5.26 Å². The van der Waals surface area contributed by atoms with Crippen molar-refractivity contribution in [3.8, 4) is 17.9 Å². The van der Waals surface area contributed by atoms with E-state index in [-0.39, 0.29) is 5.41 Å². The lowest BCUT2D eigenvalue weighted by Gasteiger charge is -2.20. The number of hydrogen-bond donors (Lipinski definition) is 0. The number of nitriles is 1. The lowest BCUT2D eigenvalue weighted by atomic mass is 10.1. The normalized spacial score (nSPS) is 24.9. The first-order chi connectivity index (χ1) is 10.8. The monoisotopic (exact) mass is 286 g/mol. The molecule has 3 heterocycles. The Balaban J connectivity index is 1.54. The van der Waals surface area contributed by atoms with Gasteiger partial charge in [-0.3, -0.25) is 0 Å². The summed E-state index contributed by atoms with van der Waals surface area (Å²) >= 11 is 0. The summed E-state index contributed by atoms with van der Waals surface area (Å²) in [4.78, 5) is 10.9. The topological polar surface area (TPSA) is 52.8 Å². The number of fused-ring (bicyclic) bond motifs is 1. The Morgan fingerprint density at radius 2 is 2.09 bits per heavy atom. The molecular weight excluding hydrogens is 272 g/mol. The maximum absolute atomic E-state index is 8.97. The van der Waals surface area contributed by atoms with Gasteiger partial charge in [0.1, 0.15) is 23.3 Å². The van der Waals surface area contributed by atoms with Crippen molar-refractivity contribution in [2.45, 2.75) is 6.42 Å². The smallest absolute Gasteiger partial charge is 0.142 e. The van der Waals surface area contributed by atoms with Crippen molar-refractivity contribution in [3.63, 3.8) is 0 Å². The summed E-state index contributed by atoms with van der Waals surface area (Å²) in [5.74, 6) is 8.12. The highest BCUT2D eigenvalue weighted by atomic mass is 15.2. The Hall–Kier alpha value is -2.85. The first-order valence-electron chi connectivity index (χ1n) is 7.35. The molecule has 2 fully saturated rings. The molecule has 0 bridgehead atoms. The van der Waals surface area contributed by atoms with Gasteiger partial charge in [-0.25, -0.2) is 9.97 Å². The molecule has 1 saturated heterocycles. The van der Waals surface area contributed by atoms with Crippen molar-refractivity contribution in [2.24, 2.45) is 11.3 Å². The van der Waals surface area contributed by atoms with Crippen LogP contribution in [0.15, 0.2) is 42.6 Å². The van der Waals surface area contributed by atoms with Crippen LogP contribution in [0.2, 0.25) is 0 Å². The van der Waals surface area contributed by atoms with E-state index in [1.165, 1.54) is 0 Å². The van der Waals surface area contributed by atoms with Crippen LogP contribution < -0.4 is 4.90 Å². The molecule has 2 atom stereocenters. The highest BCUT2D eigenvalue weighted by Crippen LogP contribution is 2.57. The van der Waals surface area contributed by atoms with Crippen molar-refractivity contribution in [1.82, 2.24) is 9.97 Å². The van der Waals surface area contributed by atoms with Crippen LogP contribution in [-0.4, -0.2) is 23.1 Å². The van der Waals surface area contributed by atoms with Crippen LogP contribution in [0.1, 0.15) is 17.8 Å². The summed E-state index contributed by atoms with van der Waals surface area (Å²) in [5, 5.41) is 8.97. The van der Waals surface area contributed by atoms with E-state index < -0.39 is 0 Å². The van der Waals surface area contributed by atoms with Gasteiger partial charge in [-0.1, -0.05) is 18.1 Å². The first kappa shape index (κ1) is 12.9. The van der Waals surface area contributed by atoms with Crippen LogP contribution in [0.3, 0.4) is 0 Å². The second kappa shape index (κ2) is 4.86. The number of aromatic nitrogens is 2. The van der Waals surface area contributed by atoms with Gasteiger partial charge in [0.2, 0.25) is 0 Å². The molecule has 0 radical (unpaired) electrons. The number of pyridine rings is 2. The maximum Gasteiger partial charge on any atom is 0.142 e. The van der Waals surface area contributed by atoms with Crippen LogP contribution in [0.4, 0.5) is 5.82 Å².